The predicted octanol–water partition coefficient (Wildman–Crippen LogP) is 5.43. The monoisotopic (exact) mass is 274 g/mol. The SMILES string of the molecule is CC[C@H](CCC[C@H](CC)C(C)=O)CCc1ccccc1. The number of carbonyl (C=O) groups excluding carboxylic acids is 1. The lowest BCUT2D eigenvalue weighted by Gasteiger charge is -2.16. The smallest absolute Gasteiger partial charge is 0.132 e. The molecule has 112 valence electrons. The lowest BCUT2D eigenvalue weighted by Crippen LogP contribution is -2.10. The summed E-state index contributed by atoms with van der Waals surface area (Å²) in [6, 6.07) is 10.8. The van der Waals surface area contributed by atoms with E-state index in [1.165, 1.54) is 37.7 Å². The van der Waals surface area contributed by atoms with Crippen molar-refractivity contribution in [2.45, 2.75) is 65.7 Å². The van der Waals surface area contributed by atoms with Crippen LogP contribution in [0.3, 0.4) is 0 Å². The number of ketones is 1. The molecule has 0 saturated carbocycles. The fourth-order valence-electron chi connectivity index (χ4n) is 2.92. The number of hydrogen-bond acceptors (Lipinski definition) is 1. The summed E-state index contributed by atoms with van der Waals surface area (Å²) in [5.74, 6) is 1.46. The van der Waals surface area contributed by atoms with Crippen molar-refractivity contribution >= 4 is 5.78 Å². The van der Waals surface area contributed by atoms with Crippen LogP contribution < -0.4 is 0 Å². The normalized spacial score (nSPS) is 13.9. The van der Waals surface area contributed by atoms with Gasteiger partial charge in [-0.3, -0.25) is 4.79 Å². The van der Waals surface area contributed by atoms with Crippen molar-refractivity contribution in [3.05, 3.63) is 35.9 Å². The highest BCUT2D eigenvalue weighted by molar-refractivity contribution is 5.78. The van der Waals surface area contributed by atoms with Gasteiger partial charge in [-0.05, 0) is 44.1 Å². The van der Waals surface area contributed by atoms with Gasteiger partial charge in [0.1, 0.15) is 5.78 Å². The Bertz CT molecular complexity index is 369. The third kappa shape index (κ3) is 6.36. The molecule has 0 aliphatic rings. The molecule has 1 rings (SSSR count). The van der Waals surface area contributed by atoms with Crippen LogP contribution in [0.1, 0.15) is 64.9 Å². The number of benzene rings is 1. The second kappa shape index (κ2) is 9.74. The van der Waals surface area contributed by atoms with Gasteiger partial charge in [-0.25, -0.2) is 0 Å². The maximum atomic E-state index is 11.4. The summed E-state index contributed by atoms with van der Waals surface area (Å²) in [5, 5.41) is 0. The van der Waals surface area contributed by atoms with Crippen molar-refractivity contribution in [1.82, 2.24) is 0 Å². The Morgan fingerprint density at radius 3 is 2.25 bits per heavy atom. The van der Waals surface area contributed by atoms with Gasteiger partial charge in [-0.1, -0.05) is 63.4 Å². The van der Waals surface area contributed by atoms with Crippen molar-refractivity contribution < 1.29 is 4.79 Å². The minimum Gasteiger partial charge on any atom is -0.300 e. The standard InChI is InChI=1S/C19H30O/c1-4-17(12-9-13-19(5-2)16(3)20)14-15-18-10-7-6-8-11-18/h6-8,10-11,17,19H,4-5,9,12-15H2,1-3H3/t17-,19+/m1/s1. The average molecular weight is 274 g/mol. The first-order valence-corrected chi connectivity index (χ1v) is 8.21. The predicted molar refractivity (Wildman–Crippen MR) is 86.9 cm³/mol. The fraction of sp³-hybridized carbons (Fsp3) is 0.632. The van der Waals surface area contributed by atoms with Gasteiger partial charge in [0.15, 0.2) is 0 Å². The molecule has 0 saturated heterocycles. The van der Waals surface area contributed by atoms with Crippen LogP contribution in [0.5, 0.6) is 0 Å². The Kier molecular flexibility index (Phi) is 8.25. The third-order valence-corrected chi connectivity index (χ3v) is 4.49. The number of aryl methyl sites for hydroxylation is 1. The van der Waals surface area contributed by atoms with Gasteiger partial charge in [0.05, 0.1) is 0 Å². The summed E-state index contributed by atoms with van der Waals surface area (Å²) in [7, 11) is 0. The molecule has 0 aliphatic carbocycles. The molecule has 0 aromatic heterocycles. The molecule has 0 spiro atoms. The molecule has 1 nitrogen and oxygen atoms in total. The highest BCUT2D eigenvalue weighted by Crippen LogP contribution is 2.22. The molecule has 1 heteroatoms. The lowest BCUT2D eigenvalue weighted by molar-refractivity contribution is -0.121. The summed E-state index contributed by atoms with van der Waals surface area (Å²) in [5.41, 5.74) is 1.45. The van der Waals surface area contributed by atoms with Crippen LogP contribution in [0.15, 0.2) is 30.3 Å². The maximum Gasteiger partial charge on any atom is 0.132 e. The summed E-state index contributed by atoms with van der Waals surface area (Å²) >= 11 is 0. The first-order valence-electron chi connectivity index (χ1n) is 8.21. The van der Waals surface area contributed by atoms with Crippen molar-refractivity contribution in [2.75, 3.05) is 0 Å². The first-order chi connectivity index (χ1) is 9.67. The Hall–Kier alpha value is -1.11. The van der Waals surface area contributed by atoms with Gasteiger partial charge in [0.25, 0.3) is 0 Å². The topological polar surface area (TPSA) is 17.1 Å². The van der Waals surface area contributed by atoms with E-state index in [2.05, 4.69) is 44.2 Å². The van der Waals surface area contributed by atoms with Crippen molar-refractivity contribution in [3.8, 4) is 0 Å². The summed E-state index contributed by atoms with van der Waals surface area (Å²) < 4.78 is 0. The van der Waals surface area contributed by atoms with Crippen molar-refractivity contribution in [1.29, 1.82) is 0 Å². The Morgan fingerprint density at radius 1 is 1.00 bits per heavy atom. The average Bonchev–Trinajstić information content (AvgIpc) is 2.47. The quantitative estimate of drug-likeness (QED) is 0.556. The van der Waals surface area contributed by atoms with Crippen molar-refractivity contribution in [3.63, 3.8) is 0 Å². The second-order valence-corrected chi connectivity index (χ2v) is 5.95. The number of hydrogen-bond donors (Lipinski definition) is 0. The highest BCUT2D eigenvalue weighted by Gasteiger charge is 2.13. The van der Waals surface area contributed by atoms with E-state index in [1.807, 2.05) is 0 Å². The summed E-state index contributed by atoms with van der Waals surface area (Å²) in [6.07, 6.45) is 8.26. The van der Waals surface area contributed by atoms with Crippen LogP contribution in [-0.2, 0) is 11.2 Å². The Balaban J connectivity index is 2.27. The van der Waals surface area contributed by atoms with Crippen LogP contribution in [0.25, 0.3) is 0 Å². The minimum absolute atomic E-state index is 0.293. The molecule has 0 amide bonds. The van der Waals surface area contributed by atoms with E-state index in [0.29, 0.717) is 11.7 Å². The zero-order valence-electron chi connectivity index (χ0n) is 13.4. The largest absolute Gasteiger partial charge is 0.300 e. The molecule has 0 fully saturated rings. The maximum absolute atomic E-state index is 11.4. The van der Waals surface area contributed by atoms with Gasteiger partial charge < -0.3 is 0 Å². The molecular formula is C19H30O. The Morgan fingerprint density at radius 2 is 1.70 bits per heavy atom. The van der Waals surface area contributed by atoms with Crippen molar-refractivity contribution in [2.24, 2.45) is 11.8 Å². The molecule has 1 aromatic rings. The van der Waals surface area contributed by atoms with E-state index in [0.717, 1.165) is 18.8 Å². The van der Waals surface area contributed by atoms with Crippen LogP contribution in [-0.4, -0.2) is 5.78 Å². The molecule has 0 aliphatic heterocycles. The molecule has 1 aromatic carbocycles. The van der Waals surface area contributed by atoms with E-state index in [4.69, 9.17) is 0 Å². The second-order valence-electron chi connectivity index (χ2n) is 5.95. The molecule has 0 heterocycles. The molecule has 0 unspecified atom stereocenters. The van der Waals surface area contributed by atoms with Crippen LogP contribution >= 0.6 is 0 Å². The molecule has 0 radical (unpaired) electrons. The Labute approximate surface area is 124 Å². The number of rotatable bonds is 10. The molecule has 0 N–H and O–H groups in total. The zero-order chi connectivity index (χ0) is 14.8. The number of Topliss-reactive ketones (excluding diaryl/α,β-unsaturated/α-hetero) is 1. The van der Waals surface area contributed by atoms with Gasteiger partial charge in [0, 0.05) is 5.92 Å². The molecule has 20 heavy (non-hydrogen) atoms. The molecule has 2 atom stereocenters. The van der Waals surface area contributed by atoms with Gasteiger partial charge in [-0.15, -0.1) is 0 Å². The van der Waals surface area contributed by atoms with Crippen LogP contribution in [0.2, 0.25) is 0 Å². The fourth-order valence-corrected chi connectivity index (χ4v) is 2.92. The van der Waals surface area contributed by atoms with Gasteiger partial charge in [0.2, 0.25) is 0 Å². The molecule has 0 bridgehead atoms. The van der Waals surface area contributed by atoms with E-state index in [9.17, 15) is 4.79 Å². The minimum atomic E-state index is 0.293. The third-order valence-electron chi connectivity index (χ3n) is 4.49. The van der Waals surface area contributed by atoms with E-state index < -0.39 is 0 Å². The lowest BCUT2D eigenvalue weighted by atomic mass is 9.89. The zero-order valence-corrected chi connectivity index (χ0v) is 13.4. The molecular weight excluding hydrogens is 244 g/mol. The first kappa shape index (κ1) is 16.9. The highest BCUT2D eigenvalue weighted by atomic mass is 16.1. The van der Waals surface area contributed by atoms with Crippen LogP contribution in [0.4, 0.5) is 0 Å². The van der Waals surface area contributed by atoms with E-state index in [-0.39, 0.29) is 0 Å². The van der Waals surface area contributed by atoms with E-state index >= 15 is 0 Å². The summed E-state index contributed by atoms with van der Waals surface area (Å²) in [4.78, 5) is 11.4. The summed E-state index contributed by atoms with van der Waals surface area (Å²) in [6.45, 7) is 6.15. The van der Waals surface area contributed by atoms with Gasteiger partial charge >= 0.3 is 0 Å². The number of carbonyl (C=O) groups is 1. The van der Waals surface area contributed by atoms with Crippen LogP contribution in [0, 0.1) is 11.8 Å². The van der Waals surface area contributed by atoms with Gasteiger partial charge in [-0.2, -0.15) is 0 Å². The van der Waals surface area contributed by atoms with E-state index in [1.54, 1.807) is 6.92 Å².